The van der Waals surface area contributed by atoms with Crippen molar-refractivity contribution < 1.29 is 23.8 Å². The normalized spacial score (nSPS) is 25.8. The highest BCUT2D eigenvalue weighted by Crippen LogP contribution is 2.33. The van der Waals surface area contributed by atoms with Gasteiger partial charge in [-0.1, -0.05) is 0 Å². The molecule has 1 rings (SSSR count). The minimum absolute atomic E-state index is 0.153. The van der Waals surface area contributed by atoms with E-state index in [1.165, 1.54) is 11.8 Å². The van der Waals surface area contributed by atoms with E-state index in [0.29, 0.717) is 13.0 Å². The highest BCUT2D eigenvalue weighted by atomic mass is 19.1. The van der Waals surface area contributed by atoms with Crippen molar-refractivity contribution in [3.63, 3.8) is 0 Å². The molecule has 0 bridgehead atoms. The number of alkyl halides is 1. The van der Waals surface area contributed by atoms with E-state index in [-0.39, 0.29) is 13.0 Å². The fourth-order valence-electron chi connectivity index (χ4n) is 2.10. The van der Waals surface area contributed by atoms with E-state index < -0.39 is 29.3 Å². The van der Waals surface area contributed by atoms with Gasteiger partial charge in [0.2, 0.25) is 0 Å². The van der Waals surface area contributed by atoms with E-state index in [0.717, 1.165) is 0 Å². The van der Waals surface area contributed by atoms with Gasteiger partial charge in [0.05, 0.1) is 12.5 Å². The molecule has 19 heavy (non-hydrogen) atoms. The van der Waals surface area contributed by atoms with Crippen LogP contribution in [0, 0.1) is 5.92 Å². The molecular weight excluding hydrogens is 253 g/mol. The Labute approximate surface area is 112 Å². The average molecular weight is 275 g/mol. The largest absolute Gasteiger partial charge is 0.481 e. The number of ether oxygens (including phenoxy) is 1. The number of piperidine rings is 1. The number of halogens is 1. The molecule has 0 aromatic heterocycles. The maximum absolute atomic E-state index is 14.6. The Hall–Kier alpha value is -1.33. The topological polar surface area (TPSA) is 66.8 Å². The Balaban J connectivity index is 2.74. The van der Waals surface area contributed by atoms with Gasteiger partial charge in [-0.25, -0.2) is 9.18 Å². The summed E-state index contributed by atoms with van der Waals surface area (Å²) in [7, 11) is 0. The molecule has 2 atom stereocenters. The summed E-state index contributed by atoms with van der Waals surface area (Å²) < 4.78 is 19.8. The van der Waals surface area contributed by atoms with Gasteiger partial charge in [-0.2, -0.15) is 0 Å². The number of nitrogens with zero attached hydrogens (tertiary/aromatic N) is 1. The monoisotopic (exact) mass is 275 g/mol. The standard InChI is InChI=1S/C13H22FNO4/c1-9(10(16)17)13(14)6-5-7-15(8-13)11(18)19-12(2,3)4/h9H,5-8H2,1-4H3,(H,16,17). The van der Waals surface area contributed by atoms with Crippen molar-refractivity contribution >= 4 is 12.1 Å². The second-order valence-electron chi connectivity index (χ2n) is 6.10. The molecule has 1 aliphatic rings. The number of carboxylic acid groups (broad SMARTS) is 1. The van der Waals surface area contributed by atoms with Crippen LogP contribution in [0.25, 0.3) is 0 Å². The fourth-order valence-corrected chi connectivity index (χ4v) is 2.10. The first-order valence-electron chi connectivity index (χ1n) is 6.45. The number of amides is 1. The van der Waals surface area contributed by atoms with E-state index in [1.807, 2.05) is 0 Å². The summed E-state index contributed by atoms with van der Waals surface area (Å²) in [6, 6.07) is 0. The quantitative estimate of drug-likeness (QED) is 0.840. The molecule has 0 aromatic carbocycles. The third-order valence-corrected chi connectivity index (χ3v) is 3.27. The van der Waals surface area contributed by atoms with Gasteiger partial charge in [0.1, 0.15) is 11.3 Å². The summed E-state index contributed by atoms with van der Waals surface area (Å²) in [5.74, 6) is -2.33. The average Bonchev–Trinajstić information content (AvgIpc) is 2.25. The molecule has 0 aromatic rings. The van der Waals surface area contributed by atoms with Gasteiger partial charge in [-0.15, -0.1) is 0 Å². The number of rotatable bonds is 2. The van der Waals surface area contributed by atoms with Gasteiger partial charge < -0.3 is 14.7 Å². The Morgan fingerprint density at radius 2 is 2.00 bits per heavy atom. The van der Waals surface area contributed by atoms with E-state index >= 15 is 0 Å². The van der Waals surface area contributed by atoms with Crippen molar-refractivity contribution in [1.29, 1.82) is 0 Å². The maximum atomic E-state index is 14.6. The lowest BCUT2D eigenvalue weighted by atomic mass is 9.83. The van der Waals surface area contributed by atoms with Crippen LogP contribution in [-0.2, 0) is 9.53 Å². The predicted molar refractivity (Wildman–Crippen MR) is 67.7 cm³/mol. The maximum Gasteiger partial charge on any atom is 0.410 e. The van der Waals surface area contributed by atoms with Crippen molar-refractivity contribution in [2.75, 3.05) is 13.1 Å². The van der Waals surface area contributed by atoms with E-state index in [4.69, 9.17) is 9.84 Å². The van der Waals surface area contributed by atoms with Gasteiger partial charge in [-0.05, 0) is 40.5 Å². The second kappa shape index (κ2) is 5.35. The SMILES string of the molecule is CC(C(=O)O)C1(F)CCCN(C(=O)OC(C)(C)C)C1. The molecule has 2 unspecified atom stereocenters. The Bertz CT molecular complexity index is 366. The van der Waals surface area contributed by atoms with Crippen LogP contribution in [0.3, 0.4) is 0 Å². The van der Waals surface area contributed by atoms with Crippen LogP contribution in [0.15, 0.2) is 0 Å². The number of hydrogen-bond donors (Lipinski definition) is 1. The zero-order valence-electron chi connectivity index (χ0n) is 11.9. The summed E-state index contributed by atoms with van der Waals surface area (Å²) in [4.78, 5) is 24.1. The summed E-state index contributed by atoms with van der Waals surface area (Å²) in [6.45, 7) is 6.70. The molecule has 1 fully saturated rings. The fraction of sp³-hybridized carbons (Fsp3) is 0.846. The van der Waals surface area contributed by atoms with Crippen LogP contribution >= 0.6 is 0 Å². The highest BCUT2D eigenvalue weighted by molar-refractivity contribution is 5.72. The first kappa shape index (κ1) is 15.7. The third kappa shape index (κ3) is 4.08. The molecule has 1 N–H and O–H groups in total. The van der Waals surface area contributed by atoms with E-state index in [1.54, 1.807) is 20.8 Å². The van der Waals surface area contributed by atoms with Crippen LogP contribution < -0.4 is 0 Å². The third-order valence-electron chi connectivity index (χ3n) is 3.27. The lowest BCUT2D eigenvalue weighted by Gasteiger charge is -2.39. The predicted octanol–water partition coefficient (Wildman–Crippen LogP) is 2.45. The van der Waals surface area contributed by atoms with Gasteiger partial charge in [-0.3, -0.25) is 4.79 Å². The minimum atomic E-state index is -1.89. The van der Waals surface area contributed by atoms with Crippen molar-refractivity contribution in [2.24, 2.45) is 5.92 Å². The number of carboxylic acids is 1. The molecule has 0 aliphatic carbocycles. The van der Waals surface area contributed by atoms with E-state index in [9.17, 15) is 14.0 Å². The van der Waals surface area contributed by atoms with Crippen LogP contribution in [0.4, 0.5) is 9.18 Å². The molecule has 0 spiro atoms. The van der Waals surface area contributed by atoms with Crippen molar-refractivity contribution in [3.8, 4) is 0 Å². The van der Waals surface area contributed by atoms with Crippen molar-refractivity contribution in [3.05, 3.63) is 0 Å². The zero-order chi connectivity index (χ0) is 14.8. The van der Waals surface area contributed by atoms with Crippen molar-refractivity contribution in [2.45, 2.75) is 51.8 Å². The molecule has 1 saturated heterocycles. The summed E-state index contributed by atoms with van der Waals surface area (Å²) in [5, 5.41) is 8.94. The number of carbonyl (C=O) groups excluding carboxylic acids is 1. The summed E-state index contributed by atoms with van der Waals surface area (Å²) in [5.41, 5.74) is -2.53. The highest BCUT2D eigenvalue weighted by Gasteiger charge is 2.45. The molecular formula is C13H22FNO4. The molecule has 1 amide bonds. The number of carbonyl (C=O) groups is 2. The van der Waals surface area contributed by atoms with Crippen LogP contribution in [0.1, 0.15) is 40.5 Å². The summed E-state index contributed by atoms with van der Waals surface area (Å²) in [6.07, 6.45) is -0.000509. The molecule has 6 heteroatoms. The smallest absolute Gasteiger partial charge is 0.410 e. The van der Waals surface area contributed by atoms with Crippen molar-refractivity contribution in [1.82, 2.24) is 4.90 Å². The van der Waals surface area contributed by atoms with Gasteiger partial charge in [0.15, 0.2) is 0 Å². The van der Waals surface area contributed by atoms with Crippen LogP contribution in [0.2, 0.25) is 0 Å². The first-order chi connectivity index (χ1) is 8.55. The molecule has 110 valence electrons. The molecule has 5 nitrogen and oxygen atoms in total. The first-order valence-corrected chi connectivity index (χ1v) is 6.45. The number of likely N-dealkylation sites (tertiary alicyclic amines) is 1. The number of hydrogen-bond acceptors (Lipinski definition) is 3. The summed E-state index contributed by atoms with van der Waals surface area (Å²) >= 11 is 0. The molecule has 1 heterocycles. The van der Waals surface area contributed by atoms with E-state index in [2.05, 4.69) is 0 Å². The van der Waals surface area contributed by atoms with Gasteiger partial charge >= 0.3 is 12.1 Å². The Morgan fingerprint density at radius 1 is 1.42 bits per heavy atom. The lowest BCUT2D eigenvalue weighted by Crippen LogP contribution is -2.53. The van der Waals surface area contributed by atoms with Gasteiger partial charge in [0, 0.05) is 6.54 Å². The number of aliphatic carboxylic acids is 1. The lowest BCUT2D eigenvalue weighted by molar-refractivity contribution is -0.148. The van der Waals surface area contributed by atoms with Crippen LogP contribution in [-0.4, -0.2) is 46.4 Å². The molecule has 0 radical (unpaired) electrons. The molecule has 1 aliphatic heterocycles. The Kier molecular flexibility index (Phi) is 4.43. The molecule has 0 saturated carbocycles. The van der Waals surface area contributed by atoms with Gasteiger partial charge in [0.25, 0.3) is 0 Å². The Morgan fingerprint density at radius 3 is 2.47 bits per heavy atom. The zero-order valence-corrected chi connectivity index (χ0v) is 11.9. The van der Waals surface area contributed by atoms with Crippen LogP contribution in [0.5, 0.6) is 0 Å². The minimum Gasteiger partial charge on any atom is -0.481 e. The second-order valence-corrected chi connectivity index (χ2v) is 6.10.